The minimum atomic E-state index is -0.0619. The van der Waals surface area contributed by atoms with Gasteiger partial charge in [-0.1, -0.05) is 48.5 Å². The van der Waals surface area contributed by atoms with E-state index in [0.29, 0.717) is 36.2 Å². The summed E-state index contributed by atoms with van der Waals surface area (Å²) in [6.07, 6.45) is 4.27. The Morgan fingerprint density at radius 3 is 2.93 bits per heavy atom. The molecule has 9 nitrogen and oxygen atoms in total. The third-order valence-corrected chi connectivity index (χ3v) is 5.39. The number of fused-ring (bicyclic) bond motifs is 1. The highest BCUT2D eigenvalue weighted by molar-refractivity contribution is 6.05. The molecular formula is C21H21N7O2. The predicted octanol–water partition coefficient (Wildman–Crippen LogP) is 3.09. The van der Waals surface area contributed by atoms with Crippen molar-refractivity contribution in [1.82, 2.24) is 35.0 Å². The van der Waals surface area contributed by atoms with Crippen LogP contribution in [-0.2, 0) is 0 Å². The first-order chi connectivity index (χ1) is 14.6. The highest BCUT2D eigenvalue weighted by Crippen LogP contribution is 2.26. The number of hydrogen-bond donors (Lipinski definition) is 0. The van der Waals surface area contributed by atoms with Gasteiger partial charge in [0.15, 0.2) is 11.5 Å². The summed E-state index contributed by atoms with van der Waals surface area (Å²) in [6.45, 7) is 5.19. The van der Waals surface area contributed by atoms with Gasteiger partial charge in [0.05, 0.1) is 12.2 Å². The van der Waals surface area contributed by atoms with Crippen LogP contribution in [0.4, 0.5) is 0 Å². The van der Waals surface area contributed by atoms with Gasteiger partial charge in [-0.3, -0.25) is 9.78 Å². The van der Waals surface area contributed by atoms with E-state index in [-0.39, 0.29) is 17.9 Å². The van der Waals surface area contributed by atoms with Crippen LogP contribution in [0.3, 0.4) is 0 Å². The number of hydrogen-bond acceptors (Lipinski definition) is 7. The zero-order valence-electron chi connectivity index (χ0n) is 16.8. The first kappa shape index (κ1) is 18.4. The van der Waals surface area contributed by atoms with Gasteiger partial charge in [0.25, 0.3) is 11.8 Å². The number of likely N-dealkylation sites (tertiary alicyclic amines) is 1. The SMILES string of the molecule is CC(C)c1noc(-c2cn([C@@H]3CCN(C(=O)c4nccc5ccccc45)C3)nn2)n1. The molecule has 1 amide bonds. The Kier molecular flexibility index (Phi) is 4.50. The van der Waals surface area contributed by atoms with Crippen molar-refractivity contribution in [3.8, 4) is 11.6 Å². The maximum atomic E-state index is 13.1. The average Bonchev–Trinajstić information content (AvgIpc) is 3.52. The molecule has 0 aliphatic carbocycles. The zero-order valence-corrected chi connectivity index (χ0v) is 16.8. The maximum absolute atomic E-state index is 13.1. The molecule has 3 aromatic heterocycles. The van der Waals surface area contributed by atoms with Crippen LogP contribution in [0.5, 0.6) is 0 Å². The van der Waals surface area contributed by atoms with E-state index in [1.165, 1.54) is 0 Å². The van der Waals surface area contributed by atoms with Crippen LogP contribution < -0.4 is 0 Å². The summed E-state index contributed by atoms with van der Waals surface area (Å²) in [7, 11) is 0. The first-order valence-electron chi connectivity index (χ1n) is 9.99. The molecule has 0 spiro atoms. The molecule has 1 saturated heterocycles. The second-order valence-corrected chi connectivity index (χ2v) is 7.77. The van der Waals surface area contributed by atoms with Gasteiger partial charge >= 0.3 is 0 Å². The van der Waals surface area contributed by atoms with Crippen molar-refractivity contribution in [3.05, 3.63) is 54.2 Å². The van der Waals surface area contributed by atoms with Gasteiger partial charge in [-0.25, -0.2) is 4.68 Å². The molecule has 30 heavy (non-hydrogen) atoms. The van der Waals surface area contributed by atoms with Crippen molar-refractivity contribution in [2.75, 3.05) is 13.1 Å². The van der Waals surface area contributed by atoms with Crippen LogP contribution in [0.15, 0.2) is 47.2 Å². The number of carbonyl (C=O) groups excluding carboxylic acids is 1. The quantitative estimate of drug-likeness (QED) is 0.516. The van der Waals surface area contributed by atoms with E-state index < -0.39 is 0 Å². The van der Waals surface area contributed by atoms with E-state index in [2.05, 4.69) is 25.4 Å². The summed E-state index contributed by atoms with van der Waals surface area (Å²) in [5, 5.41) is 14.3. The largest absolute Gasteiger partial charge is 0.335 e. The van der Waals surface area contributed by atoms with Gasteiger partial charge in [-0.15, -0.1) is 5.10 Å². The summed E-state index contributed by atoms with van der Waals surface area (Å²) in [4.78, 5) is 23.7. The second-order valence-electron chi connectivity index (χ2n) is 7.77. The third-order valence-electron chi connectivity index (χ3n) is 5.39. The molecule has 1 aliphatic rings. The Labute approximate surface area is 172 Å². The Bertz CT molecular complexity index is 1210. The lowest BCUT2D eigenvalue weighted by Crippen LogP contribution is -2.30. The summed E-state index contributed by atoms with van der Waals surface area (Å²) in [5.74, 6) is 1.11. The van der Waals surface area contributed by atoms with Gasteiger partial charge < -0.3 is 9.42 Å². The lowest BCUT2D eigenvalue weighted by Gasteiger charge is -2.17. The lowest BCUT2D eigenvalue weighted by molar-refractivity contribution is 0.0783. The number of nitrogens with zero attached hydrogens (tertiary/aromatic N) is 7. The fourth-order valence-electron chi connectivity index (χ4n) is 3.71. The molecule has 0 saturated carbocycles. The normalized spacial score (nSPS) is 16.6. The van der Waals surface area contributed by atoms with Crippen molar-refractivity contribution in [2.45, 2.75) is 32.2 Å². The Balaban J connectivity index is 1.33. The molecule has 5 rings (SSSR count). The minimum absolute atomic E-state index is 0.0395. The third kappa shape index (κ3) is 3.22. The van der Waals surface area contributed by atoms with Crippen molar-refractivity contribution in [2.24, 2.45) is 0 Å². The molecular weight excluding hydrogens is 382 g/mol. The Morgan fingerprint density at radius 2 is 2.10 bits per heavy atom. The minimum Gasteiger partial charge on any atom is -0.335 e. The first-order valence-corrected chi connectivity index (χ1v) is 9.99. The van der Waals surface area contributed by atoms with E-state index in [9.17, 15) is 4.79 Å². The second kappa shape index (κ2) is 7.33. The highest BCUT2D eigenvalue weighted by atomic mass is 16.5. The van der Waals surface area contributed by atoms with Crippen molar-refractivity contribution < 1.29 is 9.32 Å². The number of benzene rings is 1. The molecule has 1 aliphatic heterocycles. The van der Waals surface area contributed by atoms with E-state index in [4.69, 9.17) is 4.52 Å². The lowest BCUT2D eigenvalue weighted by atomic mass is 10.1. The molecule has 1 aromatic carbocycles. The molecule has 4 heterocycles. The standard InChI is InChI=1S/C21H21N7O2/c1-13(2)19-23-20(30-25-19)17-12-28(26-24-17)15-8-10-27(11-15)21(29)18-16-6-4-3-5-14(16)7-9-22-18/h3-7,9,12-13,15H,8,10-11H2,1-2H3/t15-/m1/s1. The van der Waals surface area contributed by atoms with Crippen molar-refractivity contribution >= 4 is 16.7 Å². The van der Waals surface area contributed by atoms with Crippen LogP contribution in [0, 0.1) is 0 Å². The molecule has 9 heteroatoms. The Morgan fingerprint density at radius 1 is 1.23 bits per heavy atom. The molecule has 0 unspecified atom stereocenters. The summed E-state index contributed by atoms with van der Waals surface area (Å²) in [5.41, 5.74) is 1.02. The van der Waals surface area contributed by atoms with E-state index >= 15 is 0 Å². The number of aromatic nitrogens is 6. The number of pyridine rings is 1. The molecule has 4 aromatic rings. The van der Waals surface area contributed by atoms with E-state index in [0.717, 1.165) is 17.2 Å². The maximum Gasteiger partial charge on any atom is 0.280 e. The molecule has 0 N–H and O–H groups in total. The van der Waals surface area contributed by atoms with Crippen LogP contribution in [0.2, 0.25) is 0 Å². The van der Waals surface area contributed by atoms with Gasteiger partial charge in [0, 0.05) is 30.6 Å². The Hall–Kier alpha value is -3.62. The molecule has 1 fully saturated rings. The number of rotatable bonds is 4. The summed E-state index contributed by atoms with van der Waals surface area (Å²) < 4.78 is 7.07. The van der Waals surface area contributed by atoms with Gasteiger partial charge in [-0.05, 0) is 17.9 Å². The van der Waals surface area contributed by atoms with Gasteiger partial charge in [0.1, 0.15) is 5.69 Å². The van der Waals surface area contributed by atoms with Gasteiger partial charge in [0.2, 0.25) is 0 Å². The smallest absolute Gasteiger partial charge is 0.280 e. The molecule has 0 radical (unpaired) electrons. The topological polar surface area (TPSA) is 103 Å². The zero-order chi connectivity index (χ0) is 20.7. The van der Waals surface area contributed by atoms with Crippen LogP contribution in [0.1, 0.15) is 48.5 Å². The van der Waals surface area contributed by atoms with E-state index in [1.54, 1.807) is 17.1 Å². The fraction of sp³-hybridized carbons (Fsp3) is 0.333. The molecule has 1 atom stereocenters. The predicted molar refractivity (Wildman–Crippen MR) is 109 cm³/mol. The fourth-order valence-corrected chi connectivity index (χ4v) is 3.71. The summed E-state index contributed by atoms with van der Waals surface area (Å²) in [6, 6.07) is 9.75. The van der Waals surface area contributed by atoms with Crippen LogP contribution >= 0.6 is 0 Å². The van der Waals surface area contributed by atoms with Gasteiger partial charge in [-0.2, -0.15) is 4.98 Å². The summed E-state index contributed by atoms with van der Waals surface area (Å²) >= 11 is 0. The molecule has 0 bridgehead atoms. The average molecular weight is 403 g/mol. The van der Waals surface area contributed by atoms with Crippen LogP contribution in [-0.4, -0.2) is 54.0 Å². The number of amides is 1. The van der Waals surface area contributed by atoms with Crippen molar-refractivity contribution in [3.63, 3.8) is 0 Å². The molecule has 152 valence electrons. The highest BCUT2D eigenvalue weighted by Gasteiger charge is 2.30. The van der Waals surface area contributed by atoms with E-state index in [1.807, 2.05) is 49.1 Å². The monoisotopic (exact) mass is 403 g/mol. The van der Waals surface area contributed by atoms with Crippen LogP contribution in [0.25, 0.3) is 22.4 Å². The van der Waals surface area contributed by atoms with Crippen molar-refractivity contribution in [1.29, 1.82) is 0 Å². The number of carbonyl (C=O) groups is 1.